The summed E-state index contributed by atoms with van der Waals surface area (Å²) in [7, 11) is 0. The van der Waals surface area contributed by atoms with E-state index in [1.807, 2.05) is 31.2 Å². The third kappa shape index (κ3) is 2.41. The molecule has 0 spiro atoms. The summed E-state index contributed by atoms with van der Waals surface area (Å²) in [5, 5.41) is 10.2. The molecular weight excluding hydrogens is 264 g/mol. The Kier molecular flexibility index (Phi) is 3.25. The van der Waals surface area contributed by atoms with Crippen LogP contribution in [-0.2, 0) is 0 Å². The van der Waals surface area contributed by atoms with Gasteiger partial charge in [0.05, 0.1) is 6.07 Å². The minimum atomic E-state index is -0.880. The first-order valence-electron chi connectivity index (χ1n) is 6.53. The third-order valence-corrected chi connectivity index (χ3v) is 3.35. The molecule has 0 fully saturated rings. The lowest BCUT2D eigenvalue weighted by Crippen LogP contribution is -2.10. The maximum absolute atomic E-state index is 12.5. The zero-order chi connectivity index (χ0) is 14.8. The summed E-state index contributed by atoms with van der Waals surface area (Å²) in [5.74, 6) is -1.01. The van der Waals surface area contributed by atoms with Crippen molar-refractivity contribution in [1.29, 1.82) is 5.26 Å². The van der Waals surface area contributed by atoms with Gasteiger partial charge in [-0.2, -0.15) is 5.26 Å². The van der Waals surface area contributed by atoms with Crippen LogP contribution in [0, 0.1) is 18.3 Å². The van der Waals surface area contributed by atoms with Crippen LogP contribution in [0.2, 0.25) is 0 Å². The average molecular weight is 276 g/mol. The lowest BCUT2D eigenvalue weighted by molar-refractivity contribution is 0.0954. The van der Waals surface area contributed by atoms with Gasteiger partial charge in [0.2, 0.25) is 5.78 Å². The Labute approximate surface area is 121 Å². The Morgan fingerprint density at radius 1 is 1.24 bits per heavy atom. The number of hydrogen-bond acceptors (Lipinski definition) is 4. The summed E-state index contributed by atoms with van der Waals surface area (Å²) < 4.78 is 5.57. The van der Waals surface area contributed by atoms with E-state index in [-0.39, 0.29) is 11.5 Å². The zero-order valence-corrected chi connectivity index (χ0v) is 11.4. The molecule has 102 valence electrons. The Morgan fingerprint density at radius 3 is 2.71 bits per heavy atom. The van der Waals surface area contributed by atoms with Gasteiger partial charge < -0.3 is 4.42 Å². The summed E-state index contributed by atoms with van der Waals surface area (Å²) in [4.78, 5) is 16.4. The van der Waals surface area contributed by atoms with E-state index in [1.165, 1.54) is 0 Å². The number of aryl methyl sites for hydroxylation is 1. The molecule has 0 bridgehead atoms. The SMILES string of the molecule is Cc1ccc2oc(C(=O)C(C#N)c3ccncc3)cc2c1. The monoisotopic (exact) mass is 276 g/mol. The van der Waals surface area contributed by atoms with Crippen LogP contribution in [0.25, 0.3) is 11.0 Å². The first-order valence-corrected chi connectivity index (χ1v) is 6.53. The van der Waals surface area contributed by atoms with Crippen molar-refractivity contribution in [2.75, 3.05) is 0 Å². The van der Waals surface area contributed by atoms with E-state index in [1.54, 1.807) is 30.6 Å². The molecule has 2 aromatic heterocycles. The maximum atomic E-state index is 12.5. The van der Waals surface area contributed by atoms with Crippen molar-refractivity contribution in [2.24, 2.45) is 0 Å². The molecule has 0 saturated heterocycles. The van der Waals surface area contributed by atoms with Gasteiger partial charge in [0, 0.05) is 17.8 Å². The van der Waals surface area contributed by atoms with Crippen LogP contribution in [-0.4, -0.2) is 10.8 Å². The van der Waals surface area contributed by atoms with Gasteiger partial charge in [-0.25, -0.2) is 0 Å². The molecule has 3 aromatic rings. The smallest absolute Gasteiger partial charge is 0.219 e. The van der Waals surface area contributed by atoms with Gasteiger partial charge in [0.15, 0.2) is 5.76 Å². The molecule has 0 N–H and O–H groups in total. The fourth-order valence-electron chi connectivity index (χ4n) is 2.27. The van der Waals surface area contributed by atoms with Crippen LogP contribution >= 0.6 is 0 Å². The molecule has 4 nitrogen and oxygen atoms in total. The number of fused-ring (bicyclic) bond motifs is 1. The minimum absolute atomic E-state index is 0.207. The standard InChI is InChI=1S/C17H12N2O2/c1-11-2-3-15-13(8-11)9-16(21-15)17(20)14(10-18)12-4-6-19-7-5-12/h2-9,14H,1H3. The van der Waals surface area contributed by atoms with Gasteiger partial charge in [0.1, 0.15) is 11.5 Å². The van der Waals surface area contributed by atoms with Gasteiger partial charge in [-0.1, -0.05) is 11.6 Å². The molecule has 1 atom stereocenters. The first kappa shape index (κ1) is 13.1. The number of carbonyl (C=O) groups excluding carboxylic acids is 1. The highest BCUT2D eigenvalue weighted by Crippen LogP contribution is 2.25. The largest absolute Gasteiger partial charge is 0.453 e. The van der Waals surface area contributed by atoms with Crippen molar-refractivity contribution in [1.82, 2.24) is 4.98 Å². The zero-order valence-electron chi connectivity index (χ0n) is 11.4. The van der Waals surface area contributed by atoms with Gasteiger partial charge in [0.25, 0.3) is 0 Å². The number of nitriles is 1. The van der Waals surface area contributed by atoms with Gasteiger partial charge in [-0.05, 0) is 42.8 Å². The predicted molar refractivity (Wildman–Crippen MR) is 77.9 cm³/mol. The van der Waals surface area contributed by atoms with E-state index in [4.69, 9.17) is 4.42 Å². The number of carbonyl (C=O) groups is 1. The number of pyridine rings is 1. The van der Waals surface area contributed by atoms with Crippen LogP contribution in [0.15, 0.2) is 53.2 Å². The number of hydrogen-bond donors (Lipinski definition) is 0. The van der Waals surface area contributed by atoms with E-state index in [2.05, 4.69) is 4.98 Å². The Morgan fingerprint density at radius 2 is 2.00 bits per heavy atom. The lowest BCUT2D eigenvalue weighted by atomic mass is 9.95. The summed E-state index contributed by atoms with van der Waals surface area (Å²) in [6, 6.07) is 12.8. The predicted octanol–water partition coefficient (Wildman–Crippen LogP) is 3.63. The van der Waals surface area contributed by atoms with Crippen LogP contribution in [0.4, 0.5) is 0 Å². The first-order chi connectivity index (χ1) is 10.2. The highest BCUT2D eigenvalue weighted by molar-refractivity contribution is 6.03. The van der Waals surface area contributed by atoms with E-state index < -0.39 is 5.92 Å². The van der Waals surface area contributed by atoms with Crippen LogP contribution in [0.5, 0.6) is 0 Å². The summed E-state index contributed by atoms with van der Waals surface area (Å²) in [5.41, 5.74) is 2.36. The molecule has 0 amide bonds. The molecule has 4 heteroatoms. The molecule has 0 aliphatic heterocycles. The molecule has 0 aliphatic rings. The molecule has 21 heavy (non-hydrogen) atoms. The number of nitrogens with zero attached hydrogens (tertiary/aromatic N) is 2. The second kappa shape index (κ2) is 5.22. The second-order valence-electron chi connectivity index (χ2n) is 4.86. The number of rotatable bonds is 3. The number of furan rings is 1. The number of ketones is 1. The maximum Gasteiger partial charge on any atom is 0.219 e. The van der Waals surface area contributed by atoms with E-state index >= 15 is 0 Å². The van der Waals surface area contributed by atoms with E-state index in [0.717, 1.165) is 10.9 Å². The fourth-order valence-corrected chi connectivity index (χ4v) is 2.27. The Bertz CT molecular complexity index is 844. The Balaban J connectivity index is 2.01. The average Bonchev–Trinajstić information content (AvgIpc) is 2.92. The van der Waals surface area contributed by atoms with Gasteiger partial charge in [-0.3, -0.25) is 9.78 Å². The topological polar surface area (TPSA) is 66.9 Å². The van der Waals surface area contributed by atoms with Crippen molar-refractivity contribution in [3.05, 3.63) is 65.7 Å². The highest BCUT2D eigenvalue weighted by Gasteiger charge is 2.24. The molecule has 0 radical (unpaired) electrons. The summed E-state index contributed by atoms with van der Waals surface area (Å²) >= 11 is 0. The van der Waals surface area contributed by atoms with E-state index in [0.29, 0.717) is 11.1 Å². The second-order valence-corrected chi connectivity index (χ2v) is 4.86. The number of benzene rings is 1. The Hall–Kier alpha value is -2.93. The number of aromatic nitrogens is 1. The van der Waals surface area contributed by atoms with Crippen molar-refractivity contribution >= 4 is 16.8 Å². The molecule has 0 saturated carbocycles. The molecule has 2 heterocycles. The van der Waals surface area contributed by atoms with Crippen LogP contribution < -0.4 is 0 Å². The molecule has 3 rings (SSSR count). The third-order valence-electron chi connectivity index (χ3n) is 3.35. The fraction of sp³-hybridized carbons (Fsp3) is 0.118. The lowest BCUT2D eigenvalue weighted by Gasteiger charge is -2.05. The molecule has 1 aromatic carbocycles. The van der Waals surface area contributed by atoms with Crippen molar-refractivity contribution in [3.63, 3.8) is 0 Å². The quantitative estimate of drug-likeness (QED) is 0.685. The van der Waals surface area contributed by atoms with Gasteiger partial charge in [-0.15, -0.1) is 0 Å². The minimum Gasteiger partial charge on any atom is -0.453 e. The molecule has 1 unspecified atom stereocenters. The van der Waals surface area contributed by atoms with Crippen LogP contribution in [0.1, 0.15) is 27.6 Å². The van der Waals surface area contributed by atoms with Crippen molar-refractivity contribution in [3.8, 4) is 6.07 Å². The van der Waals surface area contributed by atoms with Crippen molar-refractivity contribution < 1.29 is 9.21 Å². The highest BCUT2D eigenvalue weighted by atomic mass is 16.3. The van der Waals surface area contributed by atoms with Gasteiger partial charge >= 0.3 is 0 Å². The normalized spacial score (nSPS) is 12.0. The molecule has 0 aliphatic carbocycles. The number of Topliss-reactive ketones (excluding diaryl/α,β-unsaturated/α-hetero) is 1. The van der Waals surface area contributed by atoms with Crippen LogP contribution in [0.3, 0.4) is 0 Å². The van der Waals surface area contributed by atoms with E-state index in [9.17, 15) is 10.1 Å². The summed E-state index contributed by atoms with van der Waals surface area (Å²) in [6.07, 6.45) is 3.13. The summed E-state index contributed by atoms with van der Waals surface area (Å²) in [6.45, 7) is 1.98. The molecular formula is C17H12N2O2. The van der Waals surface area contributed by atoms with Crippen molar-refractivity contribution in [2.45, 2.75) is 12.8 Å².